The summed E-state index contributed by atoms with van der Waals surface area (Å²) in [5.74, 6) is -1.95. The Kier molecular flexibility index (Phi) is 5.51. The fraction of sp³-hybridized carbons (Fsp3) is 0.0500. The fourth-order valence-electron chi connectivity index (χ4n) is 2.38. The van der Waals surface area contributed by atoms with Crippen molar-refractivity contribution in [3.63, 3.8) is 0 Å². The third-order valence-electron chi connectivity index (χ3n) is 3.73. The molecule has 27 heavy (non-hydrogen) atoms. The summed E-state index contributed by atoms with van der Waals surface area (Å²) in [5.41, 5.74) is 0.823. The molecule has 0 unspecified atom stereocenters. The summed E-state index contributed by atoms with van der Waals surface area (Å²) < 4.78 is 26.8. The number of aromatic nitrogens is 1. The predicted molar refractivity (Wildman–Crippen MR) is 96.2 cm³/mol. The molecule has 0 radical (unpaired) electrons. The monoisotopic (exact) mass is 367 g/mol. The average molecular weight is 367 g/mol. The van der Waals surface area contributed by atoms with Crippen LogP contribution in [0.4, 0.5) is 14.5 Å². The first kappa shape index (κ1) is 18.2. The molecule has 0 aliphatic heterocycles. The summed E-state index contributed by atoms with van der Waals surface area (Å²) >= 11 is 0. The molecule has 1 aromatic heterocycles. The summed E-state index contributed by atoms with van der Waals surface area (Å²) in [6.07, 6.45) is 1.32. The number of carbonyl (C=O) groups is 2. The van der Waals surface area contributed by atoms with Crippen molar-refractivity contribution in [2.45, 2.75) is 6.54 Å². The molecule has 136 valence electrons. The lowest BCUT2D eigenvalue weighted by Gasteiger charge is -2.08. The van der Waals surface area contributed by atoms with E-state index in [9.17, 15) is 18.4 Å². The number of hydrogen-bond donors (Lipinski definition) is 2. The van der Waals surface area contributed by atoms with E-state index in [1.54, 1.807) is 18.2 Å². The average Bonchev–Trinajstić information content (AvgIpc) is 2.67. The van der Waals surface area contributed by atoms with E-state index < -0.39 is 23.4 Å². The maximum Gasteiger partial charge on any atom is 0.274 e. The first-order chi connectivity index (χ1) is 13.0. The molecular formula is C20H15F2N3O2. The van der Waals surface area contributed by atoms with Gasteiger partial charge in [-0.05, 0) is 36.4 Å². The number of nitrogens with one attached hydrogen (secondary N) is 2. The number of hydrogen-bond acceptors (Lipinski definition) is 3. The SMILES string of the molecule is O=C(NCc1ccccc1F)c1ccnc(C(=O)Nc2cccc(F)c2)c1. The van der Waals surface area contributed by atoms with E-state index >= 15 is 0 Å². The molecule has 1 heterocycles. The molecule has 0 atom stereocenters. The normalized spacial score (nSPS) is 10.3. The second kappa shape index (κ2) is 8.18. The number of nitrogens with zero attached hydrogens (tertiary/aromatic N) is 1. The Morgan fingerprint density at radius 3 is 2.52 bits per heavy atom. The molecule has 0 fully saturated rings. The first-order valence-electron chi connectivity index (χ1n) is 8.07. The van der Waals surface area contributed by atoms with Gasteiger partial charge >= 0.3 is 0 Å². The zero-order valence-corrected chi connectivity index (χ0v) is 14.1. The Bertz CT molecular complexity index is 992. The van der Waals surface area contributed by atoms with Crippen LogP contribution in [-0.4, -0.2) is 16.8 Å². The van der Waals surface area contributed by atoms with Crippen LogP contribution >= 0.6 is 0 Å². The van der Waals surface area contributed by atoms with E-state index in [2.05, 4.69) is 15.6 Å². The van der Waals surface area contributed by atoms with Crippen molar-refractivity contribution in [1.29, 1.82) is 0 Å². The minimum atomic E-state index is -0.579. The smallest absolute Gasteiger partial charge is 0.274 e. The van der Waals surface area contributed by atoms with Crippen molar-refractivity contribution in [3.8, 4) is 0 Å². The van der Waals surface area contributed by atoms with Crippen molar-refractivity contribution >= 4 is 17.5 Å². The molecule has 0 saturated carbocycles. The standard InChI is InChI=1S/C20H15F2N3O2/c21-15-5-3-6-16(11-15)25-20(27)18-10-13(8-9-23-18)19(26)24-12-14-4-1-2-7-17(14)22/h1-11H,12H2,(H,24,26)(H,25,27). The number of anilines is 1. The molecule has 3 rings (SSSR count). The van der Waals surface area contributed by atoms with Crippen molar-refractivity contribution in [3.05, 3.63) is 95.3 Å². The van der Waals surface area contributed by atoms with Crippen molar-refractivity contribution < 1.29 is 18.4 Å². The molecule has 2 amide bonds. The second-order valence-electron chi connectivity index (χ2n) is 5.67. The van der Waals surface area contributed by atoms with Gasteiger partial charge in [0.25, 0.3) is 11.8 Å². The van der Waals surface area contributed by atoms with Crippen molar-refractivity contribution in [2.75, 3.05) is 5.32 Å². The van der Waals surface area contributed by atoms with E-state index in [1.165, 1.54) is 48.7 Å². The van der Waals surface area contributed by atoms with Gasteiger partial charge in [-0.1, -0.05) is 24.3 Å². The predicted octanol–water partition coefficient (Wildman–Crippen LogP) is 3.54. The lowest BCUT2D eigenvalue weighted by molar-refractivity contribution is 0.0950. The Morgan fingerprint density at radius 2 is 1.74 bits per heavy atom. The van der Waals surface area contributed by atoms with E-state index in [0.29, 0.717) is 5.56 Å². The van der Waals surface area contributed by atoms with Crippen LogP contribution in [0.5, 0.6) is 0 Å². The van der Waals surface area contributed by atoms with Crippen LogP contribution in [0.15, 0.2) is 66.9 Å². The topological polar surface area (TPSA) is 71.1 Å². The van der Waals surface area contributed by atoms with Gasteiger partial charge in [0.1, 0.15) is 17.3 Å². The molecule has 0 bridgehead atoms. The fourth-order valence-corrected chi connectivity index (χ4v) is 2.38. The van der Waals surface area contributed by atoms with E-state index in [-0.39, 0.29) is 23.5 Å². The Hall–Kier alpha value is -3.61. The number of rotatable bonds is 5. The zero-order chi connectivity index (χ0) is 19.2. The van der Waals surface area contributed by atoms with Crippen LogP contribution in [0, 0.1) is 11.6 Å². The van der Waals surface area contributed by atoms with Gasteiger partial charge in [0.2, 0.25) is 0 Å². The Labute approximate surface area is 154 Å². The van der Waals surface area contributed by atoms with Crippen LogP contribution in [0.25, 0.3) is 0 Å². The van der Waals surface area contributed by atoms with Gasteiger partial charge in [-0.2, -0.15) is 0 Å². The maximum atomic E-state index is 13.6. The lowest BCUT2D eigenvalue weighted by atomic mass is 10.2. The first-order valence-corrected chi connectivity index (χ1v) is 8.07. The van der Waals surface area contributed by atoms with Gasteiger partial charge in [0.15, 0.2) is 0 Å². The van der Waals surface area contributed by atoms with Gasteiger partial charge in [-0.25, -0.2) is 8.78 Å². The largest absolute Gasteiger partial charge is 0.348 e. The summed E-state index contributed by atoms with van der Waals surface area (Å²) in [5, 5.41) is 5.10. The quantitative estimate of drug-likeness (QED) is 0.725. The molecule has 2 N–H and O–H groups in total. The van der Waals surface area contributed by atoms with Crippen molar-refractivity contribution in [2.24, 2.45) is 0 Å². The van der Waals surface area contributed by atoms with Crippen LogP contribution in [-0.2, 0) is 6.54 Å². The van der Waals surface area contributed by atoms with E-state index in [0.717, 1.165) is 0 Å². The number of halogens is 2. The minimum Gasteiger partial charge on any atom is -0.348 e. The van der Waals surface area contributed by atoms with Crippen LogP contribution in [0.2, 0.25) is 0 Å². The number of benzene rings is 2. The van der Waals surface area contributed by atoms with Crippen molar-refractivity contribution in [1.82, 2.24) is 10.3 Å². The highest BCUT2D eigenvalue weighted by Crippen LogP contribution is 2.12. The number of amides is 2. The molecule has 3 aromatic rings. The Balaban J connectivity index is 1.68. The Morgan fingerprint density at radius 1 is 0.926 bits per heavy atom. The molecular weight excluding hydrogens is 352 g/mol. The molecule has 7 heteroatoms. The number of pyridine rings is 1. The molecule has 0 aliphatic rings. The van der Waals surface area contributed by atoms with Crippen LogP contribution < -0.4 is 10.6 Å². The summed E-state index contributed by atoms with van der Waals surface area (Å²) in [6.45, 7) is 0.0126. The lowest BCUT2D eigenvalue weighted by Crippen LogP contribution is -2.24. The second-order valence-corrected chi connectivity index (χ2v) is 5.67. The van der Waals surface area contributed by atoms with Crippen LogP contribution in [0.3, 0.4) is 0 Å². The van der Waals surface area contributed by atoms with E-state index in [1.807, 2.05) is 0 Å². The third kappa shape index (κ3) is 4.72. The molecule has 0 spiro atoms. The molecule has 0 saturated heterocycles. The van der Waals surface area contributed by atoms with Gasteiger partial charge in [0.05, 0.1) is 0 Å². The third-order valence-corrected chi connectivity index (χ3v) is 3.73. The number of carbonyl (C=O) groups excluding carboxylic acids is 2. The summed E-state index contributed by atoms with van der Waals surface area (Å²) in [7, 11) is 0. The highest BCUT2D eigenvalue weighted by atomic mass is 19.1. The van der Waals surface area contributed by atoms with Gasteiger partial charge in [-0.3, -0.25) is 14.6 Å². The molecule has 5 nitrogen and oxygen atoms in total. The molecule has 0 aliphatic carbocycles. The minimum absolute atomic E-state index is 0.00203. The van der Waals surface area contributed by atoms with Gasteiger partial charge in [0, 0.05) is 29.6 Å². The maximum absolute atomic E-state index is 13.6. The summed E-state index contributed by atoms with van der Waals surface area (Å²) in [4.78, 5) is 28.4. The highest BCUT2D eigenvalue weighted by molar-refractivity contribution is 6.04. The van der Waals surface area contributed by atoms with Gasteiger partial charge < -0.3 is 10.6 Å². The molecule has 2 aromatic carbocycles. The van der Waals surface area contributed by atoms with E-state index in [4.69, 9.17) is 0 Å². The zero-order valence-electron chi connectivity index (χ0n) is 14.1. The summed E-state index contributed by atoms with van der Waals surface area (Å²) in [6, 6.07) is 14.3. The van der Waals surface area contributed by atoms with Gasteiger partial charge in [-0.15, -0.1) is 0 Å². The van der Waals surface area contributed by atoms with Crippen LogP contribution in [0.1, 0.15) is 26.4 Å². The highest BCUT2D eigenvalue weighted by Gasteiger charge is 2.13.